The molecule has 3 rings (SSSR count). The number of aryl methyl sites for hydroxylation is 1. The smallest absolute Gasteiger partial charge is 0.219 e. The van der Waals surface area contributed by atoms with Crippen molar-refractivity contribution in [1.82, 2.24) is 15.2 Å². The summed E-state index contributed by atoms with van der Waals surface area (Å²) in [5.74, 6) is 6.01. The molecule has 0 spiro atoms. The lowest BCUT2D eigenvalue weighted by Gasteiger charge is -2.07. The summed E-state index contributed by atoms with van der Waals surface area (Å²) in [6.45, 7) is 2.30. The van der Waals surface area contributed by atoms with E-state index in [0.717, 1.165) is 27.4 Å². The number of pyridine rings is 1. The molecule has 7 heteroatoms. The van der Waals surface area contributed by atoms with Gasteiger partial charge in [0.25, 0.3) is 0 Å². The number of hydrazine groups is 1. The van der Waals surface area contributed by atoms with Crippen molar-refractivity contribution in [2.24, 2.45) is 5.84 Å². The number of fused-ring (bicyclic) bond motifs is 1. The summed E-state index contributed by atoms with van der Waals surface area (Å²) in [4.78, 5) is 4.52. The van der Waals surface area contributed by atoms with Crippen molar-refractivity contribution in [2.75, 3.05) is 5.43 Å². The van der Waals surface area contributed by atoms with E-state index in [9.17, 15) is 0 Å². The van der Waals surface area contributed by atoms with Crippen LogP contribution < -0.4 is 16.0 Å². The molecule has 1 aromatic carbocycles. The lowest BCUT2D eigenvalue weighted by molar-refractivity contribution is 0.307. The van der Waals surface area contributed by atoms with E-state index in [1.54, 1.807) is 0 Å². The van der Waals surface area contributed by atoms with Crippen molar-refractivity contribution in [3.05, 3.63) is 41.0 Å². The Labute approximate surface area is 119 Å². The molecule has 0 fully saturated rings. The predicted molar refractivity (Wildman–Crippen MR) is 78.5 cm³/mol. The number of benzene rings is 1. The fraction of sp³-hybridized carbons (Fsp3) is 0.154. The number of ether oxygens (including phenoxy) is 1. The molecule has 2 heterocycles. The number of para-hydroxylation sites is 1. The maximum absolute atomic E-state index is 5.79. The monoisotopic (exact) mass is 287 g/mol. The van der Waals surface area contributed by atoms with Crippen LogP contribution >= 0.6 is 11.3 Å². The number of hydrogen-bond acceptors (Lipinski definition) is 7. The van der Waals surface area contributed by atoms with Crippen LogP contribution in [0.4, 0.5) is 5.13 Å². The van der Waals surface area contributed by atoms with Gasteiger partial charge in [0, 0.05) is 11.1 Å². The lowest BCUT2D eigenvalue weighted by Crippen LogP contribution is -2.05. The minimum absolute atomic E-state index is 0.341. The molecule has 3 N–H and O–H groups in total. The molecule has 0 atom stereocenters. The van der Waals surface area contributed by atoms with E-state index in [1.807, 2.05) is 37.3 Å². The molecule has 2 aromatic heterocycles. The van der Waals surface area contributed by atoms with Crippen LogP contribution in [0.25, 0.3) is 10.9 Å². The zero-order valence-electron chi connectivity index (χ0n) is 10.8. The van der Waals surface area contributed by atoms with Crippen molar-refractivity contribution < 1.29 is 4.74 Å². The van der Waals surface area contributed by atoms with Crippen LogP contribution in [0.15, 0.2) is 30.3 Å². The van der Waals surface area contributed by atoms with Gasteiger partial charge in [-0.3, -0.25) is 5.43 Å². The number of rotatable bonds is 4. The highest BCUT2D eigenvalue weighted by Gasteiger charge is 2.07. The van der Waals surface area contributed by atoms with Crippen LogP contribution in [0.2, 0.25) is 0 Å². The fourth-order valence-corrected chi connectivity index (χ4v) is 2.41. The second kappa shape index (κ2) is 5.40. The van der Waals surface area contributed by atoms with E-state index >= 15 is 0 Å². The number of nitrogen functional groups attached to an aromatic ring is 1. The van der Waals surface area contributed by atoms with Crippen LogP contribution in [-0.2, 0) is 6.61 Å². The normalized spacial score (nSPS) is 10.7. The van der Waals surface area contributed by atoms with Crippen molar-refractivity contribution >= 4 is 27.4 Å². The molecule has 3 aromatic rings. The molecule has 0 amide bonds. The summed E-state index contributed by atoms with van der Waals surface area (Å²) in [6, 6.07) is 9.87. The minimum Gasteiger partial charge on any atom is -0.484 e. The second-order valence-corrected chi connectivity index (χ2v) is 5.28. The SMILES string of the molecule is Cc1ccc2cccc(OCc3nnc(NN)s3)c2n1. The number of aromatic nitrogens is 3. The Kier molecular flexibility index (Phi) is 3.44. The number of anilines is 1. The van der Waals surface area contributed by atoms with Gasteiger partial charge < -0.3 is 4.74 Å². The van der Waals surface area contributed by atoms with Gasteiger partial charge in [0.05, 0.1) is 0 Å². The third-order valence-electron chi connectivity index (χ3n) is 2.76. The van der Waals surface area contributed by atoms with E-state index in [4.69, 9.17) is 10.6 Å². The maximum atomic E-state index is 5.79. The molecule has 0 aliphatic heterocycles. The third kappa shape index (κ3) is 2.54. The highest BCUT2D eigenvalue weighted by atomic mass is 32.1. The Hall–Kier alpha value is -2.25. The molecule has 0 unspecified atom stereocenters. The first kappa shape index (κ1) is 12.8. The fourth-order valence-electron chi connectivity index (χ4n) is 1.84. The van der Waals surface area contributed by atoms with Gasteiger partial charge in [0.1, 0.15) is 17.9 Å². The van der Waals surface area contributed by atoms with Gasteiger partial charge in [0.15, 0.2) is 5.01 Å². The average Bonchev–Trinajstić information content (AvgIpc) is 2.93. The van der Waals surface area contributed by atoms with Gasteiger partial charge in [0.2, 0.25) is 5.13 Å². The predicted octanol–water partition coefficient (Wildman–Crippen LogP) is 2.26. The molecule has 0 saturated carbocycles. The van der Waals surface area contributed by atoms with Gasteiger partial charge >= 0.3 is 0 Å². The number of nitrogens with two attached hydrogens (primary N) is 1. The van der Waals surface area contributed by atoms with Crippen molar-refractivity contribution in [2.45, 2.75) is 13.5 Å². The van der Waals surface area contributed by atoms with Crippen LogP contribution in [0.3, 0.4) is 0 Å². The average molecular weight is 287 g/mol. The molecule has 0 aliphatic carbocycles. The van der Waals surface area contributed by atoms with E-state index < -0.39 is 0 Å². The largest absolute Gasteiger partial charge is 0.484 e. The van der Waals surface area contributed by atoms with Crippen LogP contribution in [0.1, 0.15) is 10.7 Å². The summed E-state index contributed by atoms with van der Waals surface area (Å²) in [6.07, 6.45) is 0. The number of nitrogens with one attached hydrogen (secondary N) is 1. The highest BCUT2D eigenvalue weighted by molar-refractivity contribution is 7.15. The summed E-state index contributed by atoms with van der Waals surface area (Å²) in [5.41, 5.74) is 4.27. The molecule has 0 aliphatic rings. The molecule has 0 radical (unpaired) electrons. The zero-order valence-corrected chi connectivity index (χ0v) is 11.6. The topological polar surface area (TPSA) is 86.0 Å². The molecule has 6 nitrogen and oxygen atoms in total. The van der Waals surface area contributed by atoms with Gasteiger partial charge in [-0.1, -0.05) is 29.5 Å². The summed E-state index contributed by atoms with van der Waals surface area (Å²) >= 11 is 1.36. The van der Waals surface area contributed by atoms with E-state index in [2.05, 4.69) is 20.6 Å². The summed E-state index contributed by atoms with van der Waals surface area (Å²) in [7, 11) is 0. The Morgan fingerprint density at radius 1 is 1.25 bits per heavy atom. The first-order chi connectivity index (χ1) is 9.76. The van der Waals surface area contributed by atoms with Gasteiger partial charge in [-0.2, -0.15) is 0 Å². The van der Waals surface area contributed by atoms with Gasteiger partial charge in [-0.05, 0) is 19.1 Å². The van der Waals surface area contributed by atoms with Crippen molar-refractivity contribution in [1.29, 1.82) is 0 Å². The molecular formula is C13H13N5OS. The van der Waals surface area contributed by atoms with E-state index in [0.29, 0.717) is 11.7 Å². The quantitative estimate of drug-likeness (QED) is 0.565. The van der Waals surface area contributed by atoms with Gasteiger partial charge in [-0.25, -0.2) is 10.8 Å². The first-order valence-corrected chi connectivity index (χ1v) is 6.86. The van der Waals surface area contributed by atoms with Crippen LogP contribution in [0, 0.1) is 6.92 Å². The van der Waals surface area contributed by atoms with Crippen LogP contribution in [-0.4, -0.2) is 15.2 Å². The standard InChI is InChI=1S/C13H13N5OS/c1-8-5-6-9-3-2-4-10(12(9)15-8)19-7-11-17-18-13(16-14)20-11/h2-6H,7,14H2,1H3,(H,16,18). The summed E-state index contributed by atoms with van der Waals surface area (Å²) < 4.78 is 5.79. The first-order valence-electron chi connectivity index (χ1n) is 6.04. The van der Waals surface area contributed by atoms with Crippen LogP contribution in [0.5, 0.6) is 5.75 Å². The Morgan fingerprint density at radius 3 is 2.95 bits per heavy atom. The third-order valence-corrected chi connectivity index (χ3v) is 3.59. The van der Waals surface area contributed by atoms with Crippen molar-refractivity contribution in [3.63, 3.8) is 0 Å². The zero-order chi connectivity index (χ0) is 13.9. The minimum atomic E-state index is 0.341. The number of hydrogen-bond donors (Lipinski definition) is 2. The second-order valence-electron chi connectivity index (χ2n) is 4.21. The molecule has 20 heavy (non-hydrogen) atoms. The maximum Gasteiger partial charge on any atom is 0.219 e. The van der Waals surface area contributed by atoms with Crippen molar-refractivity contribution in [3.8, 4) is 5.75 Å². The van der Waals surface area contributed by atoms with E-state index in [1.165, 1.54) is 11.3 Å². The Bertz CT molecular complexity index is 742. The highest BCUT2D eigenvalue weighted by Crippen LogP contribution is 2.25. The summed E-state index contributed by atoms with van der Waals surface area (Å²) in [5, 5.41) is 10.2. The van der Waals surface area contributed by atoms with Gasteiger partial charge in [-0.15, -0.1) is 10.2 Å². The Balaban J connectivity index is 1.85. The van der Waals surface area contributed by atoms with E-state index in [-0.39, 0.29) is 0 Å². The lowest BCUT2D eigenvalue weighted by atomic mass is 10.2. The molecule has 0 bridgehead atoms. The molecule has 0 saturated heterocycles. The Morgan fingerprint density at radius 2 is 2.15 bits per heavy atom. The number of nitrogens with zero attached hydrogens (tertiary/aromatic N) is 3. The molecular weight excluding hydrogens is 274 g/mol. The molecule has 102 valence electrons.